The molecule has 0 spiro atoms. The van der Waals surface area contributed by atoms with Crippen LogP contribution in [0, 0.1) is 0 Å². The van der Waals surface area contributed by atoms with Gasteiger partial charge in [0.25, 0.3) is 0 Å². The molecule has 4 heterocycles. The van der Waals surface area contributed by atoms with Gasteiger partial charge in [-0.3, -0.25) is 0 Å². The molecule has 0 N–H and O–H groups in total. The van der Waals surface area contributed by atoms with Crippen LogP contribution in [0.1, 0.15) is 0 Å². The predicted octanol–water partition coefficient (Wildman–Crippen LogP) is 14.0. The molecular formula is C52H32N4S. The maximum Gasteiger partial charge on any atom is 0.160 e. The summed E-state index contributed by atoms with van der Waals surface area (Å²) in [6.07, 6.45) is 0. The molecule has 12 rings (SSSR count). The smallest absolute Gasteiger partial charge is 0.160 e. The molecule has 0 aliphatic heterocycles. The summed E-state index contributed by atoms with van der Waals surface area (Å²) in [6, 6.07) is 69.4. The Bertz CT molecular complexity index is 3390. The molecule has 0 atom stereocenters. The Morgan fingerprint density at radius 2 is 0.912 bits per heavy atom. The van der Waals surface area contributed by atoms with E-state index in [1.54, 1.807) is 0 Å². The van der Waals surface area contributed by atoms with Crippen LogP contribution in [0.2, 0.25) is 0 Å². The van der Waals surface area contributed by atoms with Crippen LogP contribution in [-0.4, -0.2) is 19.1 Å². The van der Waals surface area contributed by atoms with Gasteiger partial charge in [0, 0.05) is 69.8 Å². The van der Waals surface area contributed by atoms with Crippen molar-refractivity contribution >= 4 is 75.1 Å². The first-order chi connectivity index (χ1) is 28.3. The van der Waals surface area contributed by atoms with Gasteiger partial charge in [-0.1, -0.05) is 121 Å². The number of benzene rings is 8. The van der Waals surface area contributed by atoms with Crippen LogP contribution in [0.25, 0.3) is 109 Å². The second-order valence-corrected chi connectivity index (χ2v) is 15.7. The van der Waals surface area contributed by atoms with Gasteiger partial charge in [0.2, 0.25) is 0 Å². The quantitative estimate of drug-likeness (QED) is 0.176. The van der Waals surface area contributed by atoms with Crippen molar-refractivity contribution in [2.45, 2.75) is 0 Å². The van der Waals surface area contributed by atoms with E-state index < -0.39 is 0 Å². The zero-order valence-electron chi connectivity index (χ0n) is 30.7. The number of nitrogens with zero attached hydrogens (tertiary/aromatic N) is 4. The monoisotopic (exact) mass is 744 g/mol. The third-order valence-electron chi connectivity index (χ3n) is 11.3. The summed E-state index contributed by atoms with van der Waals surface area (Å²) >= 11 is 1.86. The highest BCUT2D eigenvalue weighted by Gasteiger charge is 2.20. The minimum absolute atomic E-state index is 0.700. The second-order valence-electron chi connectivity index (χ2n) is 14.6. The number of hydrogen-bond donors (Lipinski definition) is 0. The van der Waals surface area contributed by atoms with E-state index in [1.807, 2.05) is 23.5 Å². The highest BCUT2D eigenvalue weighted by molar-refractivity contribution is 7.26. The van der Waals surface area contributed by atoms with E-state index in [1.165, 1.54) is 63.8 Å². The molecule has 0 amide bonds. The largest absolute Gasteiger partial charge is 0.309 e. The zero-order chi connectivity index (χ0) is 37.5. The Kier molecular flexibility index (Phi) is 7.06. The van der Waals surface area contributed by atoms with E-state index >= 15 is 0 Å². The first kappa shape index (κ1) is 32.0. The first-order valence-corrected chi connectivity index (χ1v) is 20.1. The third kappa shape index (κ3) is 4.99. The van der Waals surface area contributed by atoms with Gasteiger partial charge in [0.05, 0.1) is 33.5 Å². The SMILES string of the molecule is c1ccc(-c2cc(-c3ccccc3)nc(-c3ccc(-n4c5ccc(-n6c7ccccc7c7ccccc76)cc5c5ccc6sc7ccccc7c6c54)cc3)n2)cc1. The topological polar surface area (TPSA) is 35.6 Å². The lowest BCUT2D eigenvalue weighted by atomic mass is 10.1. The summed E-state index contributed by atoms with van der Waals surface area (Å²) in [5.41, 5.74) is 11.9. The zero-order valence-corrected chi connectivity index (χ0v) is 31.5. The van der Waals surface area contributed by atoms with Crippen LogP contribution in [0.3, 0.4) is 0 Å². The molecule has 266 valence electrons. The minimum atomic E-state index is 0.700. The summed E-state index contributed by atoms with van der Waals surface area (Å²) in [7, 11) is 0. The first-order valence-electron chi connectivity index (χ1n) is 19.2. The van der Waals surface area contributed by atoms with Gasteiger partial charge in [-0.25, -0.2) is 9.97 Å². The van der Waals surface area contributed by atoms with Crippen molar-refractivity contribution in [3.63, 3.8) is 0 Å². The normalized spacial score (nSPS) is 11.9. The van der Waals surface area contributed by atoms with Crippen molar-refractivity contribution in [3.8, 4) is 45.3 Å². The van der Waals surface area contributed by atoms with Gasteiger partial charge in [0.15, 0.2) is 5.82 Å². The highest BCUT2D eigenvalue weighted by Crippen LogP contribution is 2.44. The van der Waals surface area contributed by atoms with E-state index in [9.17, 15) is 0 Å². The van der Waals surface area contributed by atoms with E-state index in [-0.39, 0.29) is 0 Å². The molecular weight excluding hydrogens is 713 g/mol. The van der Waals surface area contributed by atoms with E-state index in [4.69, 9.17) is 9.97 Å². The lowest BCUT2D eigenvalue weighted by Gasteiger charge is -2.12. The number of aromatic nitrogens is 4. The van der Waals surface area contributed by atoms with Crippen molar-refractivity contribution in [2.24, 2.45) is 0 Å². The fourth-order valence-corrected chi connectivity index (χ4v) is 9.87. The Morgan fingerprint density at radius 3 is 1.58 bits per heavy atom. The number of rotatable bonds is 5. The molecule has 0 saturated heterocycles. The van der Waals surface area contributed by atoms with Gasteiger partial charge < -0.3 is 9.13 Å². The lowest BCUT2D eigenvalue weighted by molar-refractivity contribution is 1.16. The molecule has 4 aromatic heterocycles. The van der Waals surface area contributed by atoms with Crippen molar-refractivity contribution in [2.75, 3.05) is 0 Å². The fourth-order valence-electron chi connectivity index (χ4n) is 8.76. The van der Waals surface area contributed by atoms with Gasteiger partial charge >= 0.3 is 0 Å². The highest BCUT2D eigenvalue weighted by atomic mass is 32.1. The van der Waals surface area contributed by atoms with Gasteiger partial charge in [-0.15, -0.1) is 11.3 Å². The van der Waals surface area contributed by atoms with Crippen LogP contribution in [-0.2, 0) is 0 Å². The Balaban J connectivity index is 1.08. The summed E-state index contributed by atoms with van der Waals surface area (Å²) < 4.78 is 7.45. The maximum absolute atomic E-state index is 5.12. The average molecular weight is 745 g/mol. The third-order valence-corrected chi connectivity index (χ3v) is 12.5. The molecule has 0 radical (unpaired) electrons. The Hall–Kier alpha value is -7.34. The van der Waals surface area contributed by atoms with E-state index in [0.717, 1.165) is 39.5 Å². The molecule has 8 aromatic carbocycles. The van der Waals surface area contributed by atoms with E-state index in [2.05, 4.69) is 191 Å². The molecule has 4 nitrogen and oxygen atoms in total. The van der Waals surface area contributed by atoms with Gasteiger partial charge in [0.1, 0.15) is 0 Å². The van der Waals surface area contributed by atoms with Crippen LogP contribution >= 0.6 is 11.3 Å². The van der Waals surface area contributed by atoms with E-state index in [0.29, 0.717) is 5.82 Å². The van der Waals surface area contributed by atoms with Crippen molar-refractivity contribution in [1.29, 1.82) is 0 Å². The number of fused-ring (bicyclic) bond motifs is 10. The van der Waals surface area contributed by atoms with Gasteiger partial charge in [-0.2, -0.15) is 0 Å². The lowest BCUT2D eigenvalue weighted by Crippen LogP contribution is -1.98. The second kappa shape index (κ2) is 12.6. The van der Waals surface area contributed by atoms with Crippen molar-refractivity contribution in [1.82, 2.24) is 19.1 Å². The van der Waals surface area contributed by atoms with Crippen molar-refractivity contribution in [3.05, 3.63) is 194 Å². The molecule has 0 aliphatic rings. The average Bonchev–Trinajstić information content (AvgIpc) is 3.94. The fraction of sp³-hybridized carbons (Fsp3) is 0. The number of hydrogen-bond acceptors (Lipinski definition) is 3. The Labute approximate surface area is 332 Å². The van der Waals surface area contributed by atoms with Crippen LogP contribution in [0.15, 0.2) is 194 Å². The molecule has 0 unspecified atom stereocenters. The molecule has 0 bridgehead atoms. The molecule has 0 fully saturated rings. The summed E-state index contributed by atoms with van der Waals surface area (Å²) in [5, 5.41) is 7.55. The number of para-hydroxylation sites is 2. The van der Waals surface area contributed by atoms with Crippen LogP contribution < -0.4 is 0 Å². The summed E-state index contributed by atoms with van der Waals surface area (Å²) in [6.45, 7) is 0. The predicted molar refractivity (Wildman–Crippen MR) is 240 cm³/mol. The van der Waals surface area contributed by atoms with Crippen LogP contribution in [0.5, 0.6) is 0 Å². The Morgan fingerprint density at radius 1 is 0.351 bits per heavy atom. The molecule has 0 aliphatic carbocycles. The molecule has 0 saturated carbocycles. The minimum Gasteiger partial charge on any atom is -0.309 e. The molecule has 5 heteroatoms. The molecule has 12 aromatic rings. The summed E-state index contributed by atoms with van der Waals surface area (Å²) in [4.78, 5) is 10.2. The molecule has 57 heavy (non-hydrogen) atoms. The van der Waals surface area contributed by atoms with Crippen LogP contribution in [0.4, 0.5) is 0 Å². The number of thiophene rings is 1. The van der Waals surface area contributed by atoms with Crippen molar-refractivity contribution < 1.29 is 0 Å². The summed E-state index contributed by atoms with van der Waals surface area (Å²) in [5.74, 6) is 0.700. The van der Waals surface area contributed by atoms with Gasteiger partial charge in [-0.05, 0) is 72.8 Å². The maximum atomic E-state index is 5.12. The standard InChI is InChI=1S/C52H32N4S/c1-3-13-33(14-4-1)43-32-44(34-15-5-2-6-16-34)54-52(53-43)35-23-25-36(26-24-35)56-47-29-27-37(55-45-20-10-7-17-38(45)39-18-8-11-21-46(39)55)31-42(47)40-28-30-49-50(51(40)56)41-19-9-12-22-48(41)57-49/h1-32H.